The van der Waals surface area contributed by atoms with E-state index in [0.29, 0.717) is 10.0 Å². The van der Waals surface area contributed by atoms with Crippen LogP contribution in [0.4, 0.5) is 0 Å². The second-order valence-corrected chi connectivity index (χ2v) is 6.10. The largest absolute Gasteiger partial charge is 0.388 e. The predicted molar refractivity (Wildman–Crippen MR) is 70.1 cm³/mol. The minimum Gasteiger partial charge on any atom is -0.388 e. The van der Waals surface area contributed by atoms with Crippen LogP contribution in [-0.4, -0.2) is 5.11 Å². The van der Waals surface area contributed by atoms with E-state index in [9.17, 15) is 5.11 Å². The van der Waals surface area contributed by atoms with Crippen LogP contribution in [-0.2, 0) is 0 Å². The van der Waals surface area contributed by atoms with Gasteiger partial charge in [-0.05, 0) is 36.0 Å². The fraction of sp³-hybridized carbons (Fsp3) is 0.538. The van der Waals surface area contributed by atoms with Crippen molar-refractivity contribution in [1.29, 1.82) is 0 Å². The summed E-state index contributed by atoms with van der Waals surface area (Å²) in [5.41, 5.74) is 1.07. The van der Waals surface area contributed by atoms with Crippen LogP contribution in [0.1, 0.15) is 45.3 Å². The fourth-order valence-corrected chi connectivity index (χ4v) is 1.76. The highest BCUT2D eigenvalue weighted by Gasteiger charge is 2.15. The summed E-state index contributed by atoms with van der Waals surface area (Å²) in [4.78, 5) is 0. The maximum Gasteiger partial charge on any atom is 0.0790 e. The van der Waals surface area contributed by atoms with Crippen molar-refractivity contribution in [2.24, 2.45) is 5.41 Å². The molecule has 0 radical (unpaired) electrons. The first kappa shape index (κ1) is 13.8. The SMILES string of the molecule is CC(C)(C)CCC(O)c1ccc(Cl)c(Cl)c1. The fourth-order valence-electron chi connectivity index (χ4n) is 1.46. The lowest BCUT2D eigenvalue weighted by Crippen LogP contribution is -2.08. The zero-order chi connectivity index (χ0) is 12.3. The molecular formula is C13H18Cl2O. The summed E-state index contributed by atoms with van der Waals surface area (Å²) in [5, 5.41) is 11.0. The van der Waals surface area contributed by atoms with Crippen molar-refractivity contribution < 1.29 is 5.11 Å². The van der Waals surface area contributed by atoms with Crippen LogP contribution in [0.15, 0.2) is 18.2 Å². The van der Waals surface area contributed by atoms with Crippen LogP contribution >= 0.6 is 23.2 Å². The van der Waals surface area contributed by atoms with Crippen molar-refractivity contribution in [3.63, 3.8) is 0 Å². The molecule has 0 spiro atoms. The first-order chi connectivity index (χ1) is 7.29. The highest BCUT2D eigenvalue weighted by atomic mass is 35.5. The molecule has 3 heteroatoms. The second kappa shape index (κ2) is 5.39. The molecule has 1 rings (SSSR count). The Morgan fingerprint density at radius 1 is 1.19 bits per heavy atom. The van der Waals surface area contributed by atoms with Gasteiger partial charge in [-0.25, -0.2) is 0 Å². The third-order valence-corrected chi connectivity index (χ3v) is 3.24. The molecule has 0 saturated heterocycles. The Morgan fingerprint density at radius 2 is 1.81 bits per heavy atom. The standard InChI is InChI=1S/C13H18Cl2O/c1-13(2,3)7-6-12(16)9-4-5-10(14)11(15)8-9/h4-5,8,12,16H,6-7H2,1-3H3. The van der Waals surface area contributed by atoms with E-state index in [1.54, 1.807) is 12.1 Å². The third-order valence-electron chi connectivity index (χ3n) is 2.50. The van der Waals surface area contributed by atoms with Crippen molar-refractivity contribution in [3.05, 3.63) is 33.8 Å². The van der Waals surface area contributed by atoms with Crippen LogP contribution in [0.5, 0.6) is 0 Å². The van der Waals surface area contributed by atoms with Gasteiger partial charge in [-0.2, -0.15) is 0 Å². The molecule has 1 atom stereocenters. The minimum atomic E-state index is -0.464. The maximum absolute atomic E-state index is 10.00. The zero-order valence-electron chi connectivity index (χ0n) is 9.93. The molecule has 90 valence electrons. The van der Waals surface area contributed by atoms with Crippen LogP contribution in [0.2, 0.25) is 10.0 Å². The first-order valence-corrected chi connectivity index (χ1v) is 6.18. The summed E-state index contributed by atoms with van der Waals surface area (Å²) in [7, 11) is 0. The van der Waals surface area contributed by atoms with Gasteiger partial charge in [0.2, 0.25) is 0 Å². The average molecular weight is 261 g/mol. The number of aliphatic hydroxyl groups excluding tert-OH is 1. The van der Waals surface area contributed by atoms with E-state index in [4.69, 9.17) is 23.2 Å². The summed E-state index contributed by atoms with van der Waals surface area (Å²) >= 11 is 11.7. The summed E-state index contributed by atoms with van der Waals surface area (Å²) in [5.74, 6) is 0. The van der Waals surface area contributed by atoms with E-state index >= 15 is 0 Å². The number of hydrogen-bond donors (Lipinski definition) is 1. The van der Waals surface area contributed by atoms with Crippen LogP contribution in [0.25, 0.3) is 0 Å². The molecule has 0 aliphatic rings. The molecule has 16 heavy (non-hydrogen) atoms. The number of benzene rings is 1. The molecule has 0 amide bonds. The molecule has 0 aliphatic carbocycles. The molecule has 1 N–H and O–H groups in total. The molecule has 1 nitrogen and oxygen atoms in total. The highest BCUT2D eigenvalue weighted by Crippen LogP contribution is 2.30. The summed E-state index contributed by atoms with van der Waals surface area (Å²) in [6, 6.07) is 5.28. The monoisotopic (exact) mass is 260 g/mol. The van der Waals surface area contributed by atoms with Gasteiger partial charge in [-0.15, -0.1) is 0 Å². The van der Waals surface area contributed by atoms with Gasteiger partial charge in [0, 0.05) is 0 Å². The Kier molecular flexibility index (Phi) is 4.66. The van der Waals surface area contributed by atoms with Crippen molar-refractivity contribution in [2.75, 3.05) is 0 Å². The Balaban J connectivity index is 2.66. The zero-order valence-corrected chi connectivity index (χ0v) is 11.4. The molecule has 1 aromatic rings. The smallest absolute Gasteiger partial charge is 0.0790 e. The lowest BCUT2D eigenvalue weighted by molar-refractivity contribution is 0.147. The van der Waals surface area contributed by atoms with Crippen LogP contribution in [0.3, 0.4) is 0 Å². The summed E-state index contributed by atoms with van der Waals surface area (Å²) in [6.45, 7) is 6.48. The van der Waals surface area contributed by atoms with Gasteiger partial charge in [0.1, 0.15) is 0 Å². The van der Waals surface area contributed by atoms with E-state index in [0.717, 1.165) is 18.4 Å². The Morgan fingerprint density at radius 3 is 2.31 bits per heavy atom. The van der Waals surface area contributed by atoms with Gasteiger partial charge in [-0.1, -0.05) is 50.0 Å². The predicted octanol–water partition coefficient (Wildman–Crippen LogP) is 4.85. The van der Waals surface area contributed by atoms with Gasteiger partial charge in [0.05, 0.1) is 16.1 Å². The number of rotatable bonds is 3. The molecule has 0 aromatic heterocycles. The molecule has 0 aliphatic heterocycles. The van der Waals surface area contributed by atoms with Gasteiger partial charge in [0.15, 0.2) is 0 Å². The normalized spacial score (nSPS) is 13.9. The number of aliphatic hydroxyl groups is 1. The Bertz CT molecular complexity index is 355. The average Bonchev–Trinajstić information content (AvgIpc) is 2.17. The quantitative estimate of drug-likeness (QED) is 0.824. The van der Waals surface area contributed by atoms with Crippen LogP contribution < -0.4 is 0 Å². The van der Waals surface area contributed by atoms with E-state index in [1.165, 1.54) is 0 Å². The number of hydrogen-bond acceptors (Lipinski definition) is 1. The summed E-state index contributed by atoms with van der Waals surface area (Å²) < 4.78 is 0. The van der Waals surface area contributed by atoms with Gasteiger partial charge in [0.25, 0.3) is 0 Å². The molecule has 1 aromatic carbocycles. The van der Waals surface area contributed by atoms with E-state index in [-0.39, 0.29) is 5.41 Å². The molecular weight excluding hydrogens is 243 g/mol. The van der Waals surface area contributed by atoms with Crippen molar-refractivity contribution in [3.8, 4) is 0 Å². The number of halogens is 2. The lowest BCUT2D eigenvalue weighted by Gasteiger charge is -2.20. The van der Waals surface area contributed by atoms with Crippen molar-refractivity contribution in [2.45, 2.75) is 39.7 Å². The van der Waals surface area contributed by atoms with Gasteiger partial charge in [-0.3, -0.25) is 0 Å². The molecule has 0 fully saturated rings. The van der Waals surface area contributed by atoms with Crippen molar-refractivity contribution >= 4 is 23.2 Å². The summed E-state index contributed by atoms with van der Waals surface area (Å²) in [6.07, 6.45) is 1.24. The van der Waals surface area contributed by atoms with E-state index in [2.05, 4.69) is 20.8 Å². The molecule has 0 saturated carbocycles. The Labute approximate surface area is 107 Å². The molecule has 0 bridgehead atoms. The Hall–Kier alpha value is -0.240. The second-order valence-electron chi connectivity index (χ2n) is 5.29. The van der Waals surface area contributed by atoms with Crippen LogP contribution in [0, 0.1) is 5.41 Å². The van der Waals surface area contributed by atoms with Crippen molar-refractivity contribution in [1.82, 2.24) is 0 Å². The molecule has 0 heterocycles. The van der Waals surface area contributed by atoms with E-state index < -0.39 is 6.10 Å². The minimum absolute atomic E-state index is 0.233. The lowest BCUT2D eigenvalue weighted by atomic mass is 9.88. The molecule has 1 unspecified atom stereocenters. The third kappa shape index (κ3) is 4.32. The van der Waals surface area contributed by atoms with E-state index in [1.807, 2.05) is 6.07 Å². The maximum atomic E-state index is 10.00. The first-order valence-electron chi connectivity index (χ1n) is 5.42. The van der Waals surface area contributed by atoms with Gasteiger partial charge >= 0.3 is 0 Å². The highest BCUT2D eigenvalue weighted by molar-refractivity contribution is 6.42. The topological polar surface area (TPSA) is 20.2 Å². The van der Waals surface area contributed by atoms with Gasteiger partial charge < -0.3 is 5.11 Å².